The minimum atomic E-state index is -0.156. The Hall–Kier alpha value is -1.69. The number of nitrogens with zero attached hydrogens (tertiary/aromatic N) is 1. The van der Waals surface area contributed by atoms with Gasteiger partial charge in [0.15, 0.2) is 0 Å². The van der Waals surface area contributed by atoms with Crippen molar-refractivity contribution in [2.24, 2.45) is 0 Å². The molecular weight excluding hydrogens is 307 g/mol. The van der Waals surface area contributed by atoms with E-state index in [2.05, 4.69) is 16.3 Å². The second kappa shape index (κ2) is 7.92. The normalized spacial score (nSPS) is 17.1. The first-order chi connectivity index (χ1) is 11.6. The van der Waals surface area contributed by atoms with Crippen LogP contribution in [0.2, 0.25) is 0 Å². The van der Waals surface area contributed by atoms with Gasteiger partial charge in [-0.05, 0) is 43.2 Å². The smallest absolute Gasteiger partial charge is 0.126 e. The van der Waals surface area contributed by atoms with E-state index in [9.17, 15) is 4.39 Å². The van der Waals surface area contributed by atoms with E-state index in [0.29, 0.717) is 12.1 Å². The Balaban J connectivity index is 1.64. The molecule has 0 spiro atoms. The molecule has 1 fully saturated rings. The molecule has 1 aliphatic heterocycles. The van der Waals surface area contributed by atoms with E-state index in [-0.39, 0.29) is 11.9 Å². The van der Waals surface area contributed by atoms with Crippen molar-refractivity contribution >= 4 is 0 Å². The zero-order valence-corrected chi connectivity index (χ0v) is 14.3. The SMILES string of the molecule is Cc1ccc(C(CNCc2ccc(F)c(C)c2)N2CCOCC2)o1. The first-order valence-corrected chi connectivity index (χ1v) is 8.47. The molecule has 0 amide bonds. The number of nitrogens with one attached hydrogen (secondary N) is 1. The molecule has 1 aromatic heterocycles. The van der Waals surface area contributed by atoms with E-state index >= 15 is 0 Å². The number of aryl methyl sites for hydroxylation is 2. The monoisotopic (exact) mass is 332 g/mol. The maximum Gasteiger partial charge on any atom is 0.126 e. The number of rotatable bonds is 6. The highest BCUT2D eigenvalue weighted by Crippen LogP contribution is 2.23. The molecule has 4 nitrogen and oxygen atoms in total. The van der Waals surface area contributed by atoms with Crippen molar-refractivity contribution in [1.29, 1.82) is 0 Å². The Labute approximate surface area is 142 Å². The van der Waals surface area contributed by atoms with E-state index in [0.717, 1.165) is 49.9 Å². The summed E-state index contributed by atoms with van der Waals surface area (Å²) in [4.78, 5) is 2.39. The lowest BCUT2D eigenvalue weighted by Crippen LogP contribution is -2.42. The molecule has 130 valence electrons. The van der Waals surface area contributed by atoms with Gasteiger partial charge in [0.1, 0.15) is 17.3 Å². The molecule has 3 rings (SSSR count). The lowest BCUT2D eigenvalue weighted by Gasteiger charge is -2.33. The molecule has 1 atom stereocenters. The third-order valence-electron chi connectivity index (χ3n) is 4.47. The average molecular weight is 332 g/mol. The van der Waals surface area contributed by atoms with Crippen molar-refractivity contribution in [3.63, 3.8) is 0 Å². The van der Waals surface area contributed by atoms with Crippen LogP contribution in [0.1, 0.15) is 28.7 Å². The second-order valence-electron chi connectivity index (χ2n) is 6.33. The first-order valence-electron chi connectivity index (χ1n) is 8.47. The summed E-state index contributed by atoms with van der Waals surface area (Å²) in [6, 6.07) is 9.50. The summed E-state index contributed by atoms with van der Waals surface area (Å²) in [5.74, 6) is 1.76. The third kappa shape index (κ3) is 4.23. The van der Waals surface area contributed by atoms with Crippen molar-refractivity contribution in [2.75, 3.05) is 32.8 Å². The van der Waals surface area contributed by atoms with Gasteiger partial charge >= 0.3 is 0 Å². The van der Waals surface area contributed by atoms with Crippen LogP contribution in [0, 0.1) is 19.7 Å². The summed E-state index contributed by atoms with van der Waals surface area (Å²) in [5.41, 5.74) is 1.77. The molecule has 2 aromatic rings. The predicted octanol–water partition coefficient (Wildman–Crippen LogP) is 3.20. The van der Waals surface area contributed by atoms with Gasteiger partial charge in [-0.15, -0.1) is 0 Å². The van der Waals surface area contributed by atoms with Crippen LogP contribution in [0.3, 0.4) is 0 Å². The Morgan fingerprint density at radius 3 is 2.62 bits per heavy atom. The minimum Gasteiger partial charge on any atom is -0.465 e. The number of benzene rings is 1. The fraction of sp³-hybridized carbons (Fsp3) is 0.474. The van der Waals surface area contributed by atoms with Crippen molar-refractivity contribution in [2.45, 2.75) is 26.4 Å². The van der Waals surface area contributed by atoms with E-state index < -0.39 is 0 Å². The summed E-state index contributed by atoms with van der Waals surface area (Å²) < 4.78 is 24.7. The molecule has 2 heterocycles. The minimum absolute atomic E-state index is 0.156. The molecule has 1 aliphatic rings. The van der Waals surface area contributed by atoms with Crippen LogP contribution in [-0.4, -0.2) is 37.7 Å². The van der Waals surface area contributed by atoms with Crippen LogP contribution < -0.4 is 5.32 Å². The van der Waals surface area contributed by atoms with Gasteiger partial charge in [-0.2, -0.15) is 0 Å². The number of hydrogen-bond donors (Lipinski definition) is 1. The number of morpholine rings is 1. The Morgan fingerprint density at radius 1 is 1.17 bits per heavy atom. The van der Waals surface area contributed by atoms with Gasteiger partial charge in [-0.3, -0.25) is 4.90 Å². The third-order valence-corrected chi connectivity index (χ3v) is 4.47. The van der Waals surface area contributed by atoms with Gasteiger partial charge in [0.05, 0.1) is 19.3 Å². The van der Waals surface area contributed by atoms with Gasteiger partial charge < -0.3 is 14.5 Å². The molecule has 1 saturated heterocycles. The Bertz CT molecular complexity index is 665. The van der Waals surface area contributed by atoms with Gasteiger partial charge in [0.25, 0.3) is 0 Å². The summed E-state index contributed by atoms with van der Waals surface area (Å²) >= 11 is 0. The fourth-order valence-electron chi connectivity index (χ4n) is 3.10. The summed E-state index contributed by atoms with van der Waals surface area (Å²) in [5, 5.41) is 3.49. The maximum atomic E-state index is 13.4. The highest BCUT2D eigenvalue weighted by Gasteiger charge is 2.24. The van der Waals surface area contributed by atoms with Crippen LogP contribution in [0.4, 0.5) is 4.39 Å². The topological polar surface area (TPSA) is 37.6 Å². The number of hydrogen-bond acceptors (Lipinski definition) is 4. The molecule has 24 heavy (non-hydrogen) atoms. The van der Waals surface area contributed by atoms with Gasteiger partial charge in [0.2, 0.25) is 0 Å². The van der Waals surface area contributed by atoms with Crippen LogP contribution in [0.25, 0.3) is 0 Å². The molecule has 0 bridgehead atoms. The molecule has 5 heteroatoms. The standard InChI is InChI=1S/C19H25FN2O2/c1-14-11-16(4-5-17(14)20)12-21-13-18(19-6-3-15(2)24-19)22-7-9-23-10-8-22/h3-6,11,18,21H,7-10,12-13H2,1-2H3. The van der Waals surface area contributed by atoms with Gasteiger partial charge in [-0.25, -0.2) is 4.39 Å². The van der Waals surface area contributed by atoms with E-state index in [1.54, 1.807) is 6.92 Å². The van der Waals surface area contributed by atoms with Gasteiger partial charge in [-0.1, -0.05) is 12.1 Å². The van der Waals surface area contributed by atoms with Crippen LogP contribution in [-0.2, 0) is 11.3 Å². The Morgan fingerprint density at radius 2 is 1.96 bits per heavy atom. The molecule has 0 radical (unpaired) electrons. The molecule has 0 aliphatic carbocycles. The van der Waals surface area contributed by atoms with Crippen molar-refractivity contribution in [3.8, 4) is 0 Å². The zero-order chi connectivity index (χ0) is 16.9. The lowest BCUT2D eigenvalue weighted by molar-refractivity contribution is 0.0115. The Kier molecular flexibility index (Phi) is 5.66. The lowest BCUT2D eigenvalue weighted by atomic mass is 10.1. The van der Waals surface area contributed by atoms with Crippen LogP contribution in [0.15, 0.2) is 34.7 Å². The van der Waals surface area contributed by atoms with E-state index in [1.165, 1.54) is 6.07 Å². The van der Waals surface area contributed by atoms with Crippen LogP contribution >= 0.6 is 0 Å². The fourth-order valence-corrected chi connectivity index (χ4v) is 3.10. The van der Waals surface area contributed by atoms with Gasteiger partial charge in [0, 0.05) is 26.2 Å². The quantitative estimate of drug-likeness (QED) is 0.881. The first kappa shape index (κ1) is 17.1. The molecular formula is C19H25FN2O2. The highest BCUT2D eigenvalue weighted by atomic mass is 19.1. The second-order valence-corrected chi connectivity index (χ2v) is 6.33. The largest absolute Gasteiger partial charge is 0.465 e. The molecule has 0 saturated carbocycles. The average Bonchev–Trinajstić information content (AvgIpc) is 3.02. The van der Waals surface area contributed by atoms with Crippen molar-refractivity contribution in [1.82, 2.24) is 10.2 Å². The van der Waals surface area contributed by atoms with Crippen LogP contribution in [0.5, 0.6) is 0 Å². The van der Waals surface area contributed by atoms with Crippen molar-refractivity contribution in [3.05, 3.63) is 58.8 Å². The zero-order valence-electron chi connectivity index (χ0n) is 14.3. The summed E-state index contributed by atoms with van der Waals surface area (Å²) in [7, 11) is 0. The molecule has 1 N–H and O–H groups in total. The maximum absolute atomic E-state index is 13.4. The molecule has 1 unspecified atom stereocenters. The molecule has 1 aromatic carbocycles. The predicted molar refractivity (Wildman–Crippen MR) is 91.4 cm³/mol. The van der Waals surface area contributed by atoms with E-state index in [4.69, 9.17) is 9.15 Å². The highest BCUT2D eigenvalue weighted by molar-refractivity contribution is 5.23. The summed E-state index contributed by atoms with van der Waals surface area (Å²) in [6.45, 7) is 8.57. The summed E-state index contributed by atoms with van der Waals surface area (Å²) in [6.07, 6.45) is 0. The van der Waals surface area contributed by atoms with Crippen molar-refractivity contribution < 1.29 is 13.5 Å². The number of halogens is 1. The number of ether oxygens (including phenoxy) is 1. The number of furan rings is 1. The van der Waals surface area contributed by atoms with E-state index in [1.807, 2.05) is 25.1 Å².